The number of benzene rings is 2. The topological polar surface area (TPSA) is 73.8 Å². The van der Waals surface area contributed by atoms with E-state index in [1.807, 2.05) is 32.8 Å². The van der Waals surface area contributed by atoms with Crippen LogP contribution in [0.4, 0.5) is 13.9 Å². The van der Waals surface area contributed by atoms with E-state index in [-0.39, 0.29) is 39.4 Å². The van der Waals surface area contributed by atoms with Gasteiger partial charge < -0.3 is 4.90 Å². The zero-order valence-corrected chi connectivity index (χ0v) is 25.3. The van der Waals surface area contributed by atoms with E-state index in [1.165, 1.54) is 39.5 Å². The van der Waals surface area contributed by atoms with Crippen LogP contribution >= 0.6 is 23.7 Å². The number of amides is 1. The number of fused-ring (bicyclic) bond motifs is 1. The lowest BCUT2D eigenvalue weighted by Gasteiger charge is -2.23. The minimum Gasteiger partial charge on any atom is -0.309 e. The van der Waals surface area contributed by atoms with Crippen LogP contribution in [0.15, 0.2) is 41.3 Å². The summed E-state index contributed by atoms with van der Waals surface area (Å²) in [5.41, 5.74) is 0.297. The first kappa shape index (κ1) is 33.0. The fourth-order valence-electron chi connectivity index (χ4n) is 3.99. The number of halogens is 3. The van der Waals surface area contributed by atoms with Gasteiger partial charge in [0, 0.05) is 31.3 Å². The normalized spacial score (nSPS) is 11.8. The van der Waals surface area contributed by atoms with Gasteiger partial charge in [-0.3, -0.25) is 9.69 Å². The fourth-order valence-corrected chi connectivity index (χ4v) is 6.53. The molecule has 1 amide bonds. The number of unbranched alkanes of at least 4 members (excludes halogenated alkanes) is 2. The molecule has 0 fully saturated rings. The molecule has 3 rings (SSSR count). The molecule has 0 atom stereocenters. The van der Waals surface area contributed by atoms with Gasteiger partial charge in [-0.1, -0.05) is 38.0 Å². The maximum atomic E-state index is 14.3. The number of carbonyl (C=O) groups is 1. The SMILES string of the molecule is CCCCN(CCCC)S(=O)(=O)c1ccc(C(=O)N(CCCN(C)C)c2nc3c(F)cc(F)cc3s2)cc1.Cl. The van der Waals surface area contributed by atoms with Crippen LogP contribution in [0.3, 0.4) is 0 Å². The molecule has 0 saturated heterocycles. The smallest absolute Gasteiger partial charge is 0.260 e. The average molecular weight is 603 g/mol. The van der Waals surface area contributed by atoms with E-state index < -0.39 is 21.7 Å². The Balaban J connectivity index is 0.00000533. The Hall–Kier alpha value is -2.18. The number of nitrogens with zero attached hydrogens (tertiary/aromatic N) is 4. The van der Waals surface area contributed by atoms with Gasteiger partial charge in [-0.2, -0.15) is 4.31 Å². The molecule has 0 N–H and O–H groups in total. The number of thiazole rings is 1. The molecule has 1 aromatic heterocycles. The lowest BCUT2D eigenvalue weighted by Crippen LogP contribution is -2.34. The third kappa shape index (κ3) is 8.40. The summed E-state index contributed by atoms with van der Waals surface area (Å²) in [6, 6.07) is 7.88. The van der Waals surface area contributed by atoms with E-state index in [0.717, 1.165) is 43.1 Å². The maximum Gasteiger partial charge on any atom is 0.260 e. The van der Waals surface area contributed by atoms with Crippen LogP contribution < -0.4 is 4.90 Å². The van der Waals surface area contributed by atoms with E-state index in [0.29, 0.717) is 37.3 Å². The molecule has 216 valence electrons. The first-order valence-corrected chi connectivity index (χ1v) is 15.2. The van der Waals surface area contributed by atoms with E-state index in [1.54, 1.807) is 0 Å². The predicted molar refractivity (Wildman–Crippen MR) is 157 cm³/mol. The molecule has 7 nitrogen and oxygen atoms in total. The van der Waals surface area contributed by atoms with Crippen LogP contribution in [0.1, 0.15) is 56.3 Å². The van der Waals surface area contributed by atoms with Crippen LogP contribution in [0.25, 0.3) is 10.2 Å². The van der Waals surface area contributed by atoms with E-state index in [4.69, 9.17) is 0 Å². The third-order valence-corrected chi connectivity index (χ3v) is 9.06. The standard InChI is InChI=1S/C27H36F2N4O3S2.ClH/c1-5-7-15-32(16-8-6-2)38(35,36)22-12-10-20(11-13-22)26(34)33(17-9-14-31(3)4)27-30-25-23(29)18-21(28)19-24(25)37-27;/h10-13,18-19H,5-9,14-17H2,1-4H3;1H. The first-order valence-electron chi connectivity index (χ1n) is 12.9. The van der Waals surface area contributed by atoms with Crippen molar-refractivity contribution < 1.29 is 22.0 Å². The monoisotopic (exact) mass is 602 g/mol. The Labute approximate surface area is 240 Å². The largest absolute Gasteiger partial charge is 0.309 e. The molecule has 0 bridgehead atoms. The quantitative estimate of drug-likeness (QED) is 0.220. The van der Waals surface area contributed by atoms with Crippen LogP contribution in [0.2, 0.25) is 0 Å². The zero-order valence-electron chi connectivity index (χ0n) is 22.8. The highest BCUT2D eigenvalue weighted by molar-refractivity contribution is 7.89. The van der Waals surface area contributed by atoms with Crippen LogP contribution in [0, 0.1) is 11.6 Å². The molecule has 0 unspecified atom stereocenters. The van der Waals surface area contributed by atoms with Crippen molar-refractivity contribution in [3.05, 3.63) is 53.6 Å². The Morgan fingerprint density at radius 1 is 0.923 bits per heavy atom. The van der Waals surface area contributed by atoms with Gasteiger partial charge in [0.15, 0.2) is 10.9 Å². The van der Waals surface area contributed by atoms with Gasteiger partial charge in [-0.05, 0) is 70.2 Å². The highest BCUT2D eigenvalue weighted by Gasteiger charge is 2.26. The molecular weight excluding hydrogens is 566 g/mol. The molecule has 0 aliphatic rings. The Morgan fingerprint density at radius 3 is 2.10 bits per heavy atom. The van der Waals surface area contributed by atoms with Crippen molar-refractivity contribution in [2.45, 2.75) is 50.8 Å². The van der Waals surface area contributed by atoms with Gasteiger partial charge in [0.2, 0.25) is 10.0 Å². The van der Waals surface area contributed by atoms with Crippen molar-refractivity contribution in [1.29, 1.82) is 0 Å². The van der Waals surface area contributed by atoms with Crippen molar-refractivity contribution in [3.8, 4) is 0 Å². The van der Waals surface area contributed by atoms with Crippen molar-refractivity contribution in [3.63, 3.8) is 0 Å². The van der Waals surface area contributed by atoms with E-state index in [9.17, 15) is 22.0 Å². The van der Waals surface area contributed by atoms with Crippen LogP contribution in [0.5, 0.6) is 0 Å². The molecule has 0 aliphatic carbocycles. The summed E-state index contributed by atoms with van der Waals surface area (Å²) in [7, 11) is 0.149. The summed E-state index contributed by atoms with van der Waals surface area (Å²) in [5.74, 6) is -1.88. The Kier molecular flexibility index (Phi) is 12.7. The number of anilines is 1. The summed E-state index contributed by atoms with van der Waals surface area (Å²) >= 11 is 1.04. The molecule has 0 radical (unpaired) electrons. The summed E-state index contributed by atoms with van der Waals surface area (Å²) in [5, 5.41) is 0.260. The summed E-state index contributed by atoms with van der Waals surface area (Å²) in [6.07, 6.45) is 3.94. The second-order valence-corrected chi connectivity index (χ2v) is 12.4. The number of aromatic nitrogens is 1. The Bertz CT molecular complexity index is 1330. The molecule has 3 aromatic rings. The lowest BCUT2D eigenvalue weighted by atomic mass is 10.2. The highest BCUT2D eigenvalue weighted by atomic mass is 35.5. The fraction of sp³-hybridized carbons (Fsp3) is 0.481. The van der Waals surface area contributed by atoms with Gasteiger partial charge in [-0.15, -0.1) is 12.4 Å². The number of hydrogen-bond donors (Lipinski definition) is 0. The van der Waals surface area contributed by atoms with Gasteiger partial charge >= 0.3 is 0 Å². The first-order chi connectivity index (χ1) is 18.1. The van der Waals surface area contributed by atoms with Gasteiger partial charge in [0.1, 0.15) is 11.3 Å². The lowest BCUT2D eigenvalue weighted by molar-refractivity contribution is 0.0986. The third-order valence-electron chi connectivity index (χ3n) is 6.13. The Morgan fingerprint density at radius 2 is 1.54 bits per heavy atom. The van der Waals surface area contributed by atoms with Crippen LogP contribution in [-0.2, 0) is 10.0 Å². The number of sulfonamides is 1. The maximum absolute atomic E-state index is 14.3. The van der Waals surface area contributed by atoms with Crippen LogP contribution in [-0.4, -0.2) is 68.8 Å². The molecule has 39 heavy (non-hydrogen) atoms. The minimum atomic E-state index is -3.69. The predicted octanol–water partition coefficient (Wildman–Crippen LogP) is 6.19. The second-order valence-electron chi connectivity index (χ2n) is 9.48. The van der Waals surface area contributed by atoms with Gasteiger partial charge in [0.05, 0.1) is 9.60 Å². The van der Waals surface area contributed by atoms with E-state index in [2.05, 4.69) is 4.98 Å². The number of carbonyl (C=O) groups excluding carboxylic acids is 1. The van der Waals surface area contributed by atoms with Crippen molar-refractivity contribution in [2.75, 3.05) is 45.2 Å². The molecular formula is C27H37ClF2N4O3S2. The molecule has 0 aliphatic heterocycles. The summed E-state index contributed by atoms with van der Waals surface area (Å²) in [4.78, 5) is 21.4. The highest BCUT2D eigenvalue weighted by Crippen LogP contribution is 2.32. The number of rotatable bonds is 14. The molecule has 12 heteroatoms. The zero-order chi connectivity index (χ0) is 27.9. The van der Waals surface area contributed by atoms with Crippen molar-refractivity contribution in [2.24, 2.45) is 0 Å². The van der Waals surface area contributed by atoms with E-state index >= 15 is 0 Å². The molecule has 0 spiro atoms. The number of hydrogen-bond acceptors (Lipinski definition) is 6. The van der Waals surface area contributed by atoms with Crippen molar-refractivity contribution in [1.82, 2.24) is 14.2 Å². The summed E-state index contributed by atoms with van der Waals surface area (Å²) < 4.78 is 56.5. The average Bonchev–Trinajstić information content (AvgIpc) is 3.30. The van der Waals surface area contributed by atoms with Gasteiger partial charge in [0.25, 0.3) is 5.91 Å². The summed E-state index contributed by atoms with van der Waals surface area (Å²) in [6.45, 7) is 5.96. The van der Waals surface area contributed by atoms with Gasteiger partial charge in [-0.25, -0.2) is 22.2 Å². The molecule has 1 heterocycles. The molecule has 0 saturated carbocycles. The van der Waals surface area contributed by atoms with Crippen molar-refractivity contribution >= 4 is 55.0 Å². The second kappa shape index (κ2) is 15.0. The minimum absolute atomic E-state index is 0. The molecule has 2 aromatic carbocycles.